The summed E-state index contributed by atoms with van der Waals surface area (Å²) in [5, 5.41) is 0. The minimum Gasteiger partial charge on any atom is -0.325 e. The number of aromatic nitrogens is 3. The van der Waals surface area contributed by atoms with E-state index in [9.17, 15) is 0 Å². The van der Waals surface area contributed by atoms with Crippen LogP contribution in [0.5, 0.6) is 0 Å². The summed E-state index contributed by atoms with van der Waals surface area (Å²) in [5.41, 5.74) is 8.29. The Hall–Kier alpha value is -1.42. The molecule has 4 heteroatoms. The molecule has 74 valence electrons. The largest absolute Gasteiger partial charge is 0.325 e. The molecule has 0 radical (unpaired) electrons. The zero-order valence-electron chi connectivity index (χ0n) is 8.44. The second-order valence-electron chi connectivity index (χ2n) is 3.60. The van der Waals surface area contributed by atoms with Crippen LogP contribution in [0.1, 0.15) is 25.6 Å². The maximum absolute atomic E-state index is 5.54. The standard InChI is InChI=1S/C10H14N4/c1-7(2)14-6-12-9-4-3-8(5-11)13-10(9)14/h3-4,6-7H,5,11H2,1-2H3. The number of nitrogens with zero attached hydrogens (tertiary/aromatic N) is 3. The van der Waals surface area contributed by atoms with Crippen LogP contribution in [0.2, 0.25) is 0 Å². The lowest BCUT2D eigenvalue weighted by atomic mass is 10.3. The van der Waals surface area contributed by atoms with Gasteiger partial charge < -0.3 is 10.3 Å². The Morgan fingerprint density at radius 2 is 2.21 bits per heavy atom. The van der Waals surface area contributed by atoms with Crippen molar-refractivity contribution in [2.75, 3.05) is 0 Å². The Labute approximate surface area is 82.8 Å². The first kappa shape index (κ1) is 9.15. The van der Waals surface area contributed by atoms with E-state index in [0.717, 1.165) is 16.9 Å². The molecule has 0 unspecified atom stereocenters. The quantitative estimate of drug-likeness (QED) is 0.780. The van der Waals surface area contributed by atoms with Crippen molar-refractivity contribution in [3.63, 3.8) is 0 Å². The molecule has 0 aliphatic carbocycles. The molecule has 4 nitrogen and oxygen atoms in total. The van der Waals surface area contributed by atoms with E-state index in [0.29, 0.717) is 12.6 Å². The van der Waals surface area contributed by atoms with Crippen molar-refractivity contribution in [2.24, 2.45) is 5.73 Å². The molecule has 0 fully saturated rings. The van der Waals surface area contributed by atoms with Crippen LogP contribution in [0.15, 0.2) is 18.5 Å². The summed E-state index contributed by atoms with van der Waals surface area (Å²) in [7, 11) is 0. The zero-order chi connectivity index (χ0) is 10.1. The molecule has 0 aliphatic heterocycles. The molecule has 0 aliphatic rings. The Morgan fingerprint density at radius 3 is 2.86 bits per heavy atom. The number of pyridine rings is 1. The number of imidazole rings is 1. The van der Waals surface area contributed by atoms with E-state index < -0.39 is 0 Å². The molecule has 0 aromatic carbocycles. The minimum absolute atomic E-state index is 0.375. The van der Waals surface area contributed by atoms with Gasteiger partial charge in [0.2, 0.25) is 0 Å². The van der Waals surface area contributed by atoms with Crippen molar-refractivity contribution >= 4 is 11.2 Å². The summed E-state index contributed by atoms with van der Waals surface area (Å²) in [6, 6.07) is 4.25. The van der Waals surface area contributed by atoms with Crippen molar-refractivity contribution in [3.05, 3.63) is 24.2 Å². The van der Waals surface area contributed by atoms with E-state index in [4.69, 9.17) is 5.73 Å². The van der Waals surface area contributed by atoms with Gasteiger partial charge in [-0.25, -0.2) is 9.97 Å². The number of nitrogens with two attached hydrogens (primary N) is 1. The summed E-state index contributed by atoms with van der Waals surface area (Å²) in [4.78, 5) is 8.73. The van der Waals surface area contributed by atoms with E-state index in [1.165, 1.54) is 0 Å². The molecule has 0 saturated carbocycles. The first-order valence-corrected chi connectivity index (χ1v) is 4.75. The second-order valence-corrected chi connectivity index (χ2v) is 3.60. The lowest BCUT2D eigenvalue weighted by molar-refractivity contribution is 0.612. The van der Waals surface area contributed by atoms with E-state index in [-0.39, 0.29) is 0 Å². The third-order valence-corrected chi connectivity index (χ3v) is 2.24. The van der Waals surface area contributed by atoms with Crippen LogP contribution in [0.3, 0.4) is 0 Å². The van der Waals surface area contributed by atoms with Crippen molar-refractivity contribution in [1.29, 1.82) is 0 Å². The first-order valence-electron chi connectivity index (χ1n) is 4.75. The van der Waals surface area contributed by atoms with Crippen LogP contribution < -0.4 is 5.73 Å². The molecule has 2 rings (SSSR count). The van der Waals surface area contributed by atoms with Crippen LogP contribution in [0.4, 0.5) is 0 Å². The Balaban J connectivity index is 2.63. The molecule has 2 heterocycles. The van der Waals surface area contributed by atoms with E-state index >= 15 is 0 Å². The Bertz CT molecular complexity index is 444. The Morgan fingerprint density at radius 1 is 1.43 bits per heavy atom. The van der Waals surface area contributed by atoms with Crippen molar-refractivity contribution < 1.29 is 0 Å². The molecule has 0 saturated heterocycles. The van der Waals surface area contributed by atoms with Gasteiger partial charge in [0.25, 0.3) is 0 Å². The monoisotopic (exact) mass is 190 g/mol. The minimum atomic E-state index is 0.375. The van der Waals surface area contributed by atoms with Gasteiger partial charge in [0.15, 0.2) is 5.65 Å². The molecule has 0 bridgehead atoms. The molecular formula is C10H14N4. The molecule has 14 heavy (non-hydrogen) atoms. The van der Waals surface area contributed by atoms with Gasteiger partial charge in [-0.05, 0) is 26.0 Å². The van der Waals surface area contributed by atoms with Crippen LogP contribution >= 0.6 is 0 Å². The molecule has 0 amide bonds. The summed E-state index contributed by atoms with van der Waals surface area (Å²) >= 11 is 0. The van der Waals surface area contributed by atoms with Gasteiger partial charge in [0.05, 0.1) is 12.0 Å². The van der Waals surface area contributed by atoms with Gasteiger partial charge in [-0.3, -0.25) is 0 Å². The normalized spacial score (nSPS) is 11.4. The number of rotatable bonds is 2. The van der Waals surface area contributed by atoms with Crippen LogP contribution in [0, 0.1) is 0 Å². The molecule has 2 aromatic heterocycles. The van der Waals surface area contributed by atoms with Gasteiger partial charge in [-0.2, -0.15) is 0 Å². The zero-order valence-corrected chi connectivity index (χ0v) is 8.44. The number of fused-ring (bicyclic) bond motifs is 1. The molecule has 0 spiro atoms. The third-order valence-electron chi connectivity index (χ3n) is 2.24. The number of hydrogen-bond donors (Lipinski definition) is 1. The SMILES string of the molecule is CC(C)n1cnc2ccc(CN)nc21. The van der Waals surface area contributed by atoms with Gasteiger partial charge in [0.1, 0.15) is 5.52 Å². The predicted molar refractivity (Wildman–Crippen MR) is 55.8 cm³/mol. The van der Waals surface area contributed by atoms with E-state index in [1.807, 2.05) is 18.5 Å². The molecule has 2 aromatic rings. The van der Waals surface area contributed by atoms with E-state index in [1.54, 1.807) is 0 Å². The lowest BCUT2D eigenvalue weighted by Gasteiger charge is -2.07. The number of hydrogen-bond acceptors (Lipinski definition) is 3. The predicted octanol–water partition coefficient (Wildman–Crippen LogP) is 1.47. The fourth-order valence-electron chi connectivity index (χ4n) is 1.44. The highest BCUT2D eigenvalue weighted by Gasteiger charge is 2.06. The highest BCUT2D eigenvalue weighted by Crippen LogP contribution is 2.15. The average molecular weight is 190 g/mol. The fourth-order valence-corrected chi connectivity index (χ4v) is 1.44. The highest BCUT2D eigenvalue weighted by molar-refractivity contribution is 5.70. The summed E-state index contributed by atoms with van der Waals surface area (Å²) in [6.45, 7) is 4.69. The van der Waals surface area contributed by atoms with Crippen molar-refractivity contribution in [3.8, 4) is 0 Å². The van der Waals surface area contributed by atoms with Crippen molar-refractivity contribution in [1.82, 2.24) is 14.5 Å². The second kappa shape index (κ2) is 3.38. The van der Waals surface area contributed by atoms with Crippen molar-refractivity contribution in [2.45, 2.75) is 26.4 Å². The summed E-state index contributed by atoms with van der Waals surface area (Å²) < 4.78 is 2.05. The highest BCUT2D eigenvalue weighted by atomic mass is 15.1. The smallest absolute Gasteiger partial charge is 0.160 e. The van der Waals surface area contributed by atoms with Crippen LogP contribution in [-0.2, 0) is 6.54 Å². The Kier molecular flexibility index (Phi) is 2.21. The van der Waals surface area contributed by atoms with Gasteiger partial charge >= 0.3 is 0 Å². The molecule has 0 atom stereocenters. The van der Waals surface area contributed by atoms with Gasteiger partial charge in [0, 0.05) is 12.6 Å². The first-order chi connectivity index (χ1) is 6.72. The maximum Gasteiger partial charge on any atom is 0.160 e. The average Bonchev–Trinajstić information content (AvgIpc) is 2.59. The summed E-state index contributed by atoms with van der Waals surface area (Å²) in [6.07, 6.45) is 1.82. The third kappa shape index (κ3) is 1.37. The fraction of sp³-hybridized carbons (Fsp3) is 0.400. The summed E-state index contributed by atoms with van der Waals surface area (Å²) in [5.74, 6) is 0. The molecular weight excluding hydrogens is 176 g/mol. The maximum atomic E-state index is 5.54. The topological polar surface area (TPSA) is 56.7 Å². The van der Waals surface area contributed by atoms with Crippen LogP contribution in [-0.4, -0.2) is 14.5 Å². The van der Waals surface area contributed by atoms with Gasteiger partial charge in [-0.1, -0.05) is 0 Å². The lowest BCUT2D eigenvalue weighted by Crippen LogP contribution is -2.03. The molecule has 2 N–H and O–H groups in total. The van der Waals surface area contributed by atoms with E-state index in [2.05, 4.69) is 28.4 Å². The van der Waals surface area contributed by atoms with Crippen LogP contribution in [0.25, 0.3) is 11.2 Å². The van der Waals surface area contributed by atoms with Gasteiger partial charge in [-0.15, -0.1) is 0 Å².